The molecule has 0 amide bonds. The van der Waals surface area contributed by atoms with Crippen LogP contribution in [0, 0.1) is 13.8 Å². The normalized spacial score (nSPS) is 19.1. The van der Waals surface area contributed by atoms with Gasteiger partial charge >= 0.3 is 8.53 Å². The van der Waals surface area contributed by atoms with Crippen LogP contribution in [0.1, 0.15) is 85.0 Å². The van der Waals surface area contributed by atoms with E-state index in [9.17, 15) is 0 Å². The second-order valence-corrected chi connectivity index (χ2v) is 15.2. The van der Waals surface area contributed by atoms with Crippen molar-refractivity contribution >= 4 is 8.53 Å². The minimum absolute atomic E-state index is 0.0418. The molecule has 4 aromatic carbocycles. The molecule has 1 aliphatic heterocycles. The standard InChI is InChI=1S/C37H40NO2P/c1-25-17-29-33-31(19-25)39-41(38(21-27-13-9-7-10-14-27)22-28-15-11-8-12-16-28)40-32-20-26(2)18-30-34(32)37(33,23-35(29,3)4)24-36(30,5)6/h7-20H,21-24H2,1-6H3. The molecule has 1 heterocycles. The van der Waals surface area contributed by atoms with Gasteiger partial charge in [0.25, 0.3) is 0 Å². The molecule has 210 valence electrons. The second-order valence-electron chi connectivity index (χ2n) is 13.8. The van der Waals surface area contributed by atoms with Crippen LogP contribution >= 0.6 is 8.53 Å². The van der Waals surface area contributed by atoms with Crippen molar-refractivity contribution in [1.82, 2.24) is 4.67 Å². The Hall–Kier alpha value is -3.13. The maximum atomic E-state index is 7.19. The van der Waals surface area contributed by atoms with E-state index in [0.717, 1.165) is 37.4 Å². The quantitative estimate of drug-likeness (QED) is 0.226. The van der Waals surface area contributed by atoms with Gasteiger partial charge in [-0.3, -0.25) is 0 Å². The Kier molecular flexibility index (Phi) is 6.16. The minimum Gasteiger partial charge on any atom is -0.427 e. The molecule has 0 aromatic heterocycles. The Morgan fingerprint density at radius 3 is 1.46 bits per heavy atom. The molecule has 0 N–H and O–H groups in total. The first-order valence-corrected chi connectivity index (χ1v) is 16.0. The van der Waals surface area contributed by atoms with Crippen LogP contribution in [0.2, 0.25) is 0 Å². The third-order valence-electron chi connectivity index (χ3n) is 9.40. The molecule has 0 atom stereocenters. The number of rotatable bonds is 5. The number of hydrogen-bond acceptors (Lipinski definition) is 3. The molecule has 3 nitrogen and oxygen atoms in total. The van der Waals surface area contributed by atoms with Crippen molar-refractivity contribution in [3.63, 3.8) is 0 Å². The Morgan fingerprint density at radius 2 is 1.05 bits per heavy atom. The largest absolute Gasteiger partial charge is 0.427 e. The zero-order valence-corrected chi connectivity index (χ0v) is 26.0. The summed E-state index contributed by atoms with van der Waals surface area (Å²) in [5.74, 6) is 2.02. The third-order valence-corrected chi connectivity index (χ3v) is 10.8. The topological polar surface area (TPSA) is 21.7 Å². The summed E-state index contributed by atoms with van der Waals surface area (Å²) >= 11 is 0. The molecule has 41 heavy (non-hydrogen) atoms. The van der Waals surface area contributed by atoms with Gasteiger partial charge in [0, 0.05) is 29.6 Å². The molecular formula is C37H40NO2P. The summed E-state index contributed by atoms with van der Waals surface area (Å²) in [6, 6.07) is 30.8. The summed E-state index contributed by atoms with van der Waals surface area (Å²) in [5.41, 5.74) is 10.7. The van der Waals surface area contributed by atoms with E-state index < -0.39 is 8.53 Å². The summed E-state index contributed by atoms with van der Waals surface area (Å²) in [7, 11) is -1.46. The molecule has 3 aliphatic rings. The lowest BCUT2D eigenvalue weighted by atomic mass is 9.72. The van der Waals surface area contributed by atoms with E-state index in [2.05, 4.69) is 131 Å². The molecule has 2 aliphatic carbocycles. The van der Waals surface area contributed by atoms with Crippen LogP contribution in [0.15, 0.2) is 84.9 Å². The SMILES string of the molecule is Cc1cc2c3c(c1)C(C)(C)CC31CC(C)(C)c3cc(C)cc(c31)OP(N(Cc1ccccc1)Cc1ccccc1)O2. The van der Waals surface area contributed by atoms with E-state index in [1.807, 2.05) is 0 Å². The highest BCUT2D eigenvalue weighted by molar-refractivity contribution is 7.45. The fourth-order valence-electron chi connectivity index (χ4n) is 8.01. The molecule has 0 bridgehead atoms. The molecular weight excluding hydrogens is 521 g/mol. The number of benzene rings is 4. The van der Waals surface area contributed by atoms with Crippen LogP contribution in [0.3, 0.4) is 0 Å². The summed E-state index contributed by atoms with van der Waals surface area (Å²) in [4.78, 5) is 0. The van der Waals surface area contributed by atoms with Gasteiger partial charge < -0.3 is 9.05 Å². The van der Waals surface area contributed by atoms with Crippen LogP contribution in [0.5, 0.6) is 11.5 Å². The molecule has 0 fully saturated rings. The smallest absolute Gasteiger partial charge is 0.385 e. The van der Waals surface area contributed by atoms with E-state index in [1.54, 1.807) is 0 Å². The minimum atomic E-state index is -1.46. The maximum Gasteiger partial charge on any atom is 0.385 e. The molecule has 1 spiro atoms. The molecule has 7 rings (SSSR count). The summed E-state index contributed by atoms with van der Waals surface area (Å²) in [5, 5.41) is 0. The van der Waals surface area contributed by atoms with Gasteiger partial charge in [0.1, 0.15) is 11.5 Å². The Bertz CT molecular complexity index is 1510. The average molecular weight is 562 g/mol. The first-order valence-electron chi connectivity index (χ1n) is 14.9. The average Bonchev–Trinajstić information content (AvgIpc) is 3.27. The van der Waals surface area contributed by atoms with Gasteiger partial charge in [-0.15, -0.1) is 0 Å². The van der Waals surface area contributed by atoms with Crippen molar-refractivity contribution < 1.29 is 9.05 Å². The van der Waals surface area contributed by atoms with Crippen molar-refractivity contribution in [3.05, 3.63) is 129 Å². The van der Waals surface area contributed by atoms with E-state index in [0.29, 0.717) is 0 Å². The highest BCUT2D eigenvalue weighted by atomic mass is 31.2. The number of nitrogens with zero attached hydrogens (tertiary/aromatic N) is 1. The van der Waals surface area contributed by atoms with Crippen molar-refractivity contribution in [1.29, 1.82) is 0 Å². The first kappa shape index (κ1) is 26.7. The Labute approximate surface area is 246 Å². The third kappa shape index (κ3) is 4.41. The predicted molar refractivity (Wildman–Crippen MR) is 169 cm³/mol. The van der Waals surface area contributed by atoms with E-state index in [4.69, 9.17) is 9.05 Å². The van der Waals surface area contributed by atoms with Crippen LogP contribution in [-0.2, 0) is 29.3 Å². The van der Waals surface area contributed by atoms with Gasteiger partial charge in [0.05, 0.1) is 0 Å². The Balaban J connectivity index is 1.45. The predicted octanol–water partition coefficient (Wildman–Crippen LogP) is 9.65. The van der Waals surface area contributed by atoms with Gasteiger partial charge in [-0.1, -0.05) is 100 Å². The zero-order valence-electron chi connectivity index (χ0n) is 25.1. The van der Waals surface area contributed by atoms with Crippen molar-refractivity contribution in [3.8, 4) is 11.5 Å². The Morgan fingerprint density at radius 1 is 0.634 bits per heavy atom. The van der Waals surface area contributed by atoms with Crippen molar-refractivity contribution in [2.24, 2.45) is 0 Å². The molecule has 0 saturated heterocycles. The summed E-state index contributed by atoms with van der Waals surface area (Å²) in [6.07, 6.45) is 2.14. The highest BCUT2D eigenvalue weighted by Crippen LogP contribution is 2.69. The van der Waals surface area contributed by atoms with Gasteiger partial charge in [0.15, 0.2) is 0 Å². The molecule has 4 aromatic rings. The first-order chi connectivity index (χ1) is 19.6. The van der Waals surface area contributed by atoms with E-state index in [-0.39, 0.29) is 16.2 Å². The van der Waals surface area contributed by atoms with Crippen LogP contribution in [0.4, 0.5) is 0 Å². The van der Waals surface area contributed by atoms with E-state index >= 15 is 0 Å². The fraction of sp³-hybridized carbons (Fsp3) is 0.351. The van der Waals surface area contributed by atoms with Gasteiger partial charge in [-0.2, -0.15) is 0 Å². The van der Waals surface area contributed by atoms with Crippen molar-refractivity contribution in [2.75, 3.05) is 0 Å². The van der Waals surface area contributed by atoms with Crippen LogP contribution < -0.4 is 9.05 Å². The van der Waals surface area contributed by atoms with Crippen LogP contribution in [-0.4, -0.2) is 4.67 Å². The molecule has 0 unspecified atom stereocenters. The second kappa shape index (κ2) is 9.45. The number of hydrogen-bond donors (Lipinski definition) is 0. The lowest BCUT2D eigenvalue weighted by Gasteiger charge is -2.37. The molecule has 4 heteroatoms. The number of aryl methyl sites for hydroxylation is 2. The van der Waals surface area contributed by atoms with E-state index in [1.165, 1.54) is 44.5 Å². The monoisotopic (exact) mass is 561 g/mol. The lowest BCUT2D eigenvalue weighted by molar-refractivity contribution is 0.314. The lowest BCUT2D eigenvalue weighted by Crippen LogP contribution is -2.30. The van der Waals surface area contributed by atoms with Gasteiger partial charge in [-0.25, -0.2) is 4.67 Å². The van der Waals surface area contributed by atoms with Gasteiger partial charge in [-0.05, 0) is 83.0 Å². The maximum absolute atomic E-state index is 7.19. The molecule has 0 saturated carbocycles. The fourth-order valence-corrected chi connectivity index (χ4v) is 9.46. The van der Waals surface area contributed by atoms with Crippen molar-refractivity contribution in [2.45, 2.75) is 83.7 Å². The summed E-state index contributed by atoms with van der Waals surface area (Å²) in [6.45, 7) is 15.6. The molecule has 0 radical (unpaired) electrons. The van der Waals surface area contributed by atoms with Crippen LogP contribution in [0.25, 0.3) is 0 Å². The van der Waals surface area contributed by atoms with Gasteiger partial charge in [0.2, 0.25) is 0 Å². The zero-order chi connectivity index (χ0) is 28.6. The highest BCUT2D eigenvalue weighted by Gasteiger charge is 2.60. The summed E-state index contributed by atoms with van der Waals surface area (Å²) < 4.78 is 16.8.